The molecule has 32 heavy (non-hydrogen) atoms. The Kier molecular flexibility index (Phi) is 6.68. The molecular weight excluding hydrogens is 447 g/mol. The van der Waals surface area contributed by atoms with Crippen LogP contribution in [0.1, 0.15) is 11.1 Å². The van der Waals surface area contributed by atoms with Crippen molar-refractivity contribution in [3.05, 3.63) is 70.6 Å². The van der Waals surface area contributed by atoms with E-state index in [-0.39, 0.29) is 10.6 Å². The molecule has 0 radical (unpaired) electrons. The summed E-state index contributed by atoms with van der Waals surface area (Å²) in [5.41, 5.74) is 0.401. The van der Waals surface area contributed by atoms with E-state index in [1.165, 1.54) is 6.07 Å². The molecule has 4 amide bonds. The summed E-state index contributed by atoms with van der Waals surface area (Å²) in [6.07, 6.45) is -3.63. The fraction of sp³-hybridized carbons (Fsp3) is 0.143. The van der Waals surface area contributed by atoms with Gasteiger partial charge in [0.15, 0.2) is 0 Å². The third kappa shape index (κ3) is 5.76. The van der Waals surface area contributed by atoms with Gasteiger partial charge in [0.05, 0.1) is 10.5 Å². The molecule has 0 atom stereocenters. The van der Waals surface area contributed by atoms with Crippen molar-refractivity contribution in [2.45, 2.75) is 13.1 Å². The Morgan fingerprint density at radius 1 is 1.03 bits per heavy atom. The van der Waals surface area contributed by atoms with Crippen molar-refractivity contribution in [3.63, 3.8) is 0 Å². The number of nitrogens with zero attached hydrogens (tertiary/aromatic N) is 1. The van der Waals surface area contributed by atoms with E-state index in [4.69, 9.17) is 0 Å². The van der Waals surface area contributed by atoms with Crippen molar-refractivity contribution in [3.8, 4) is 0 Å². The molecule has 1 fully saturated rings. The van der Waals surface area contributed by atoms with E-state index in [1.54, 1.807) is 24.3 Å². The second-order valence-electron chi connectivity index (χ2n) is 6.75. The summed E-state index contributed by atoms with van der Waals surface area (Å²) in [5.74, 6) is -2.34. The predicted molar refractivity (Wildman–Crippen MR) is 113 cm³/mol. The number of carbonyl (C=O) groups is 4. The molecule has 0 unspecified atom stereocenters. The van der Waals surface area contributed by atoms with Crippen LogP contribution in [-0.4, -0.2) is 34.4 Å². The number of aryl methyl sites for hydroxylation is 1. The summed E-state index contributed by atoms with van der Waals surface area (Å²) in [5, 5.41) is 4.00. The summed E-state index contributed by atoms with van der Waals surface area (Å²) >= 11 is 0.486. The molecule has 1 heterocycles. The number of carbonyl (C=O) groups excluding carboxylic acids is 4. The van der Waals surface area contributed by atoms with Gasteiger partial charge in [0.2, 0.25) is 11.8 Å². The highest BCUT2D eigenvalue weighted by atomic mass is 32.2. The van der Waals surface area contributed by atoms with Crippen molar-refractivity contribution in [1.29, 1.82) is 0 Å². The first-order valence-corrected chi connectivity index (χ1v) is 9.95. The Hall–Kier alpha value is -3.60. The molecule has 2 aromatic carbocycles. The van der Waals surface area contributed by atoms with Crippen LogP contribution in [0.3, 0.4) is 0 Å². The first-order chi connectivity index (χ1) is 15.0. The minimum absolute atomic E-state index is 0.134. The van der Waals surface area contributed by atoms with Gasteiger partial charge in [-0.25, -0.2) is 0 Å². The maximum atomic E-state index is 12.8. The molecule has 2 N–H and O–H groups in total. The molecule has 0 bridgehead atoms. The molecule has 1 saturated heterocycles. The smallest absolute Gasteiger partial charge is 0.325 e. The molecule has 0 spiro atoms. The highest BCUT2D eigenvalue weighted by molar-refractivity contribution is 8.18. The largest absolute Gasteiger partial charge is 0.416 e. The van der Waals surface area contributed by atoms with Crippen LogP contribution in [-0.2, 0) is 20.6 Å². The van der Waals surface area contributed by atoms with E-state index in [2.05, 4.69) is 10.6 Å². The van der Waals surface area contributed by atoms with Crippen molar-refractivity contribution >= 4 is 46.1 Å². The van der Waals surface area contributed by atoms with E-state index in [0.717, 1.165) is 29.8 Å². The number of alkyl halides is 3. The number of benzene rings is 2. The molecule has 1 aliphatic heterocycles. The fourth-order valence-electron chi connectivity index (χ4n) is 2.69. The lowest BCUT2D eigenvalue weighted by Crippen LogP contribution is -2.36. The number of halogens is 3. The maximum absolute atomic E-state index is 12.8. The Labute approximate surface area is 184 Å². The van der Waals surface area contributed by atoms with Crippen LogP contribution < -0.4 is 10.6 Å². The number of hydrogen-bond donors (Lipinski definition) is 2. The second kappa shape index (κ2) is 9.27. The Balaban J connectivity index is 1.63. The lowest BCUT2D eigenvalue weighted by molar-refractivity contribution is -0.137. The normalized spacial score (nSPS) is 15.2. The average Bonchev–Trinajstić information content (AvgIpc) is 2.96. The highest BCUT2D eigenvalue weighted by Crippen LogP contribution is 2.32. The van der Waals surface area contributed by atoms with Crippen LogP contribution in [0.25, 0.3) is 0 Å². The minimum Gasteiger partial charge on any atom is -0.325 e. The monoisotopic (exact) mass is 463 g/mol. The first kappa shape index (κ1) is 23.1. The van der Waals surface area contributed by atoms with Gasteiger partial charge in [0.1, 0.15) is 6.54 Å². The van der Waals surface area contributed by atoms with E-state index in [1.807, 2.05) is 6.92 Å². The fourth-order valence-corrected chi connectivity index (χ4v) is 3.50. The number of thioether (sulfide) groups is 1. The quantitative estimate of drug-likeness (QED) is 0.649. The molecule has 11 heteroatoms. The SMILES string of the molecule is Cc1ccc(NC(=O)C=C2SC(=O)N(CC(=O)Nc3cccc(C(F)(F)F)c3)C2=O)cc1. The van der Waals surface area contributed by atoms with Gasteiger partial charge in [-0.05, 0) is 49.0 Å². The summed E-state index contributed by atoms with van der Waals surface area (Å²) in [6.45, 7) is 1.17. The summed E-state index contributed by atoms with van der Waals surface area (Å²) in [6, 6.07) is 10.9. The van der Waals surface area contributed by atoms with Crippen LogP contribution in [0.15, 0.2) is 59.5 Å². The number of anilines is 2. The molecule has 7 nitrogen and oxygen atoms in total. The van der Waals surface area contributed by atoms with Crippen LogP contribution in [0.4, 0.5) is 29.3 Å². The summed E-state index contributed by atoms with van der Waals surface area (Å²) in [4.78, 5) is 49.3. The lowest BCUT2D eigenvalue weighted by atomic mass is 10.2. The van der Waals surface area contributed by atoms with E-state index >= 15 is 0 Å². The Bertz CT molecular complexity index is 1110. The predicted octanol–water partition coefficient (Wildman–Crippen LogP) is 4.17. The zero-order valence-electron chi connectivity index (χ0n) is 16.5. The van der Waals surface area contributed by atoms with E-state index in [9.17, 15) is 32.3 Å². The Morgan fingerprint density at radius 2 is 1.72 bits per heavy atom. The lowest BCUT2D eigenvalue weighted by Gasteiger charge is -2.13. The van der Waals surface area contributed by atoms with Crippen molar-refractivity contribution in [2.24, 2.45) is 0 Å². The van der Waals surface area contributed by atoms with Crippen molar-refractivity contribution in [2.75, 3.05) is 17.2 Å². The van der Waals surface area contributed by atoms with Crippen molar-refractivity contribution < 1.29 is 32.3 Å². The second-order valence-corrected chi connectivity index (χ2v) is 7.74. The zero-order chi connectivity index (χ0) is 23.5. The van der Waals surface area contributed by atoms with Gasteiger partial charge in [-0.15, -0.1) is 0 Å². The van der Waals surface area contributed by atoms with Gasteiger partial charge in [-0.3, -0.25) is 24.1 Å². The van der Waals surface area contributed by atoms with Crippen LogP contribution in [0, 0.1) is 6.92 Å². The number of nitrogens with one attached hydrogen (secondary N) is 2. The molecule has 2 aromatic rings. The zero-order valence-corrected chi connectivity index (χ0v) is 17.3. The molecule has 3 rings (SSSR count). The van der Waals surface area contributed by atoms with Gasteiger partial charge in [0.25, 0.3) is 11.1 Å². The third-order valence-electron chi connectivity index (χ3n) is 4.23. The number of hydrogen-bond acceptors (Lipinski definition) is 5. The minimum atomic E-state index is -4.59. The maximum Gasteiger partial charge on any atom is 0.416 e. The summed E-state index contributed by atoms with van der Waals surface area (Å²) in [7, 11) is 0. The number of amides is 4. The average molecular weight is 463 g/mol. The van der Waals surface area contributed by atoms with E-state index in [0.29, 0.717) is 22.3 Å². The first-order valence-electron chi connectivity index (χ1n) is 9.13. The van der Waals surface area contributed by atoms with Gasteiger partial charge in [-0.1, -0.05) is 23.8 Å². The number of rotatable bonds is 5. The Morgan fingerprint density at radius 3 is 2.38 bits per heavy atom. The van der Waals surface area contributed by atoms with E-state index < -0.39 is 41.2 Å². The third-order valence-corrected chi connectivity index (χ3v) is 5.14. The van der Waals surface area contributed by atoms with Gasteiger partial charge >= 0.3 is 6.18 Å². The molecule has 0 saturated carbocycles. The van der Waals surface area contributed by atoms with Crippen LogP contribution in [0.2, 0.25) is 0 Å². The standard InChI is InChI=1S/C21H16F3N3O4S/c1-12-5-7-14(8-6-12)25-17(28)10-16-19(30)27(20(31)32-16)11-18(29)26-15-4-2-3-13(9-15)21(22,23)24/h2-10H,11H2,1H3,(H,25,28)(H,26,29). The van der Waals surface area contributed by atoms with Gasteiger partial charge in [-0.2, -0.15) is 13.2 Å². The number of imide groups is 1. The van der Waals surface area contributed by atoms with Crippen LogP contribution in [0.5, 0.6) is 0 Å². The molecule has 0 aromatic heterocycles. The summed E-state index contributed by atoms with van der Waals surface area (Å²) < 4.78 is 38.4. The van der Waals surface area contributed by atoms with Gasteiger partial charge < -0.3 is 10.6 Å². The molecule has 166 valence electrons. The highest BCUT2D eigenvalue weighted by Gasteiger charge is 2.37. The molecular formula is C21H16F3N3O4S. The van der Waals surface area contributed by atoms with Crippen LogP contribution >= 0.6 is 11.8 Å². The molecule has 0 aliphatic carbocycles. The molecule has 1 aliphatic rings. The van der Waals surface area contributed by atoms with Crippen molar-refractivity contribution in [1.82, 2.24) is 4.90 Å². The van der Waals surface area contributed by atoms with Gasteiger partial charge in [0, 0.05) is 17.5 Å². The topological polar surface area (TPSA) is 95.6 Å².